The monoisotopic (exact) mass is 182 g/mol. The van der Waals surface area contributed by atoms with Crippen LogP contribution in [0.15, 0.2) is 40.6 Å². The van der Waals surface area contributed by atoms with Crippen LogP contribution in [0.1, 0.15) is 5.56 Å². The third-order valence-corrected chi connectivity index (χ3v) is 1.78. The van der Waals surface area contributed by atoms with Crippen molar-refractivity contribution in [3.05, 3.63) is 35.9 Å². The van der Waals surface area contributed by atoms with Gasteiger partial charge < -0.3 is 4.74 Å². The normalized spacial score (nSPS) is 17.8. The first-order valence-corrected chi connectivity index (χ1v) is 3.97. The number of rotatable bonds is 3. The lowest BCUT2D eigenvalue weighted by Crippen LogP contribution is -2.06. The number of halogens is 1. The standard InChI is InChI=1S/C8H7ClN2O/c9-8(10-11-8)12-6-7-4-2-1-3-5-7/h1-5H,6H2. The van der Waals surface area contributed by atoms with E-state index in [2.05, 4.69) is 10.2 Å². The number of benzene rings is 1. The molecule has 0 saturated carbocycles. The van der Waals surface area contributed by atoms with E-state index in [-0.39, 0.29) is 0 Å². The van der Waals surface area contributed by atoms with Crippen molar-refractivity contribution < 1.29 is 4.74 Å². The maximum Gasteiger partial charge on any atom is 0.375 e. The van der Waals surface area contributed by atoms with E-state index in [1.165, 1.54) is 0 Å². The van der Waals surface area contributed by atoms with Crippen LogP contribution in [0, 0.1) is 0 Å². The number of nitrogens with zero attached hydrogens (tertiary/aromatic N) is 2. The Morgan fingerprint density at radius 1 is 1.25 bits per heavy atom. The highest BCUT2D eigenvalue weighted by molar-refractivity contribution is 6.23. The molecule has 0 fully saturated rings. The fourth-order valence-corrected chi connectivity index (χ4v) is 0.939. The molecule has 1 aliphatic heterocycles. The van der Waals surface area contributed by atoms with E-state index in [9.17, 15) is 0 Å². The maximum absolute atomic E-state index is 5.64. The topological polar surface area (TPSA) is 34.0 Å². The molecular formula is C8H7ClN2O. The van der Waals surface area contributed by atoms with Gasteiger partial charge in [-0.25, -0.2) is 0 Å². The molecule has 1 heterocycles. The average Bonchev–Trinajstić information content (AvgIpc) is 2.84. The minimum atomic E-state index is -1.07. The fourth-order valence-electron chi connectivity index (χ4n) is 0.846. The maximum atomic E-state index is 5.64. The van der Waals surface area contributed by atoms with E-state index in [1.807, 2.05) is 30.3 Å². The van der Waals surface area contributed by atoms with Crippen molar-refractivity contribution in [2.24, 2.45) is 10.2 Å². The summed E-state index contributed by atoms with van der Waals surface area (Å²) in [4.78, 5) is 0. The van der Waals surface area contributed by atoms with E-state index in [0.717, 1.165) is 5.56 Å². The van der Waals surface area contributed by atoms with Gasteiger partial charge in [0.25, 0.3) is 0 Å². The second-order valence-corrected chi connectivity index (χ2v) is 3.00. The molecule has 1 aliphatic rings. The summed E-state index contributed by atoms with van der Waals surface area (Å²) in [7, 11) is 0. The summed E-state index contributed by atoms with van der Waals surface area (Å²) < 4.78 is 5.16. The van der Waals surface area contributed by atoms with Crippen molar-refractivity contribution in [3.8, 4) is 0 Å². The first kappa shape index (κ1) is 7.71. The second kappa shape index (κ2) is 2.84. The smallest absolute Gasteiger partial charge is 0.316 e. The Labute approximate surface area is 75.0 Å². The zero-order valence-electron chi connectivity index (χ0n) is 6.27. The number of alkyl halides is 1. The van der Waals surface area contributed by atoms with Gasteiger partial charge in [0, 0.05) is 0 Å². The third kappa shape index (κ3) is 1.81. The first-order chi connectivity index (χ1) is 5.79. The van der Waals surface area contributed by atoms with Gasteiger partial charge in [0.05, 0.1) is 6.61 Å². The summed E-state index contributed by atoms with van der Waals surface area (Å²) in [6.45, 7) is 0.442. The van der Waals surface area contributed by atoms with Crippen LogP contribution >= 0.6 is 11.6 Å². The highest BCUT2D eigenvalue weighted by Crippen LogP contribution is 2.34. The predicted octanol–water partition coefficient (Wildman–Crippen LogP) is 2.52. The first-order valence-electron chi connectivity index (χ1n) is 3.59. The Kier molecular flexibility index (Phi) is 1.83. The summed E-state index contributed by atoms with van der Waals surface area (Å²) >= 11 is 5.64. The molecule has 0 atom stereocenters. The Morgan fingerprint density at radius 3 is 2.50 bits per heavy atom. The van der Waals surface area contributed by atoms with Crippen LogP contribution in [-0.4, -0.2) is 5.31 Å². The predicted molar refractivity (Wildman–Crippen MR) is 44.7 cm³/mol. The van der Waals surface area contributed by atoms with E-state index in [4.69, 9.17) is 16.3 Å². The summed E-state index contributed by atoms with van der Waals surface area (Å²) in [6, 6.07) is 9.76. The van der Waals surface area contributed by atoms with Crippen LogP contribution in [0.5, 0.6) is 0 Å². The van der Waals surface area contributed by atoms with Gasteiger partial charge in [-0.1, -0.05) is 30.3 Å². The Morgan fingerprint density at radius 2 is 1.92 bits per heavy atom. The molecule has 0 aromatic heterocycles. The lowest BCUT2D eigenvalue weighted by molar-refractivity contribution is 0.0650. The molecule has 4 heteroatoms. The molecule has 3 nitrogen and oxygen atoms in total. The summed E-state index contributed by atoms with van der Waals surface area (Å²) in [5.41, 5.74) is 1.06. The van der Waals surface area contributed by atoms with Gasteiger partial charge in [0.1, 0.15) is 0 Å². The van der Waals surface area contributed by atoms with Gasteiger partial charge >= 0.3 is 5.31 Å². The molecule has 12 heavy (non-hydrogen) atoms. The molecule has 0 radical (unpaired) electrons. The van der Waals surface area contributed by atoms with Gasteiger partial charge in [0.2, 0.25) is 0 Å². The molecular weight excluding hydrogens is 176 g/mol. The molecule has 0 N–H and O–H groups in total. The highest BCUT2D eigenvalue weighted by Gasteiger charge is 2.38. The van der Waals surface area contributed by atoms with Crippen molar-refractivity contribution in [2.45, 2.75) is 11.9 Å². The largest absolute Gasteiger partial charge is 0.375 e. The van der Waals surface area contributed by atoms with Gasteiger partial charge in [-0.3, -0.25) is 0 Å². The molecule has 0 bridgehead atoms. The Balaban J connectivity index is 1.88. The average molecular weight is 183 g/mol. The van der Waals surface area contributed by atoms with Crippen LogP contribution in [0.4, 0.5) is 0 Å². The second-order valence-electron chi connectivity index (χ2n) is 2.50. The number of hydrogen-bond acceptors (Lipinski definition) is 3. The third-order valence-electron chi connectivity index (χ3n) is 1.52. The number of hydrogen-bond donors (Lipinski definition) is 0. The van der Waals surface area contributed by atoms with Crippen molar-refractivity contribution in [3.63, 3.8) is 0 Å². The number of ether oxygens (including phenoxy) is 1. The van der Waals surface area contributed by atoms with Gasteiger partial charge in [0.15, 0.2) is 0 Å². The van der Waals surface area contributed by atoms with E-state index < -0.39 is 5.31 Å². The molecule has 0 aliphatic carbocycles. The zero-order chi connectivity index (χ0) is 8.44. The van der Waals surface area contributed by atoms with Crippen molar-refractivity contribution in [2.75, 3.05) is 0 Å². The fraction of sp³-hybridized carbons (Fsp3) is 0.250. The van der Waals surface area contributed by atoms with E-state index in [0.29, 0.717) is 6.61 Å². The van der Waals surface area contributed by atoms with E-state index >= 15 is 0 Å². The van der Waals surface area contributed by atoms with Crippen LogP contribution in [-0.2, 0) is 11.3 Å². The molecule has 62 valence electrons. The molecule has 0 amide bonds. The van der Waals surface area contributed by atoms with E-state index in [1.54, 1.807) is 0 Å². The zero-order valence-corrected chi connectivity index (χ0v) is 7.03. The van der Waals surface area contributed by atoms with Crippen LogP contribution < -0.4 is 0 Å². The highest BCUT2D eigenvalue weighted by atomic mass is 35.5. The van der Waals surface area contributed by atoms with Gasteiger partial charge in [-0.15, -0.1) is 10.2 Å². The summed E-state index contributed by atoms with van der Waals surface area (Å²) in [5.74, 6) is 0. The molecule has 2 rings (SSSR count). The lowest BCUT2D eigenvalue weighted by Gasteiger charge is -2.03. The van der Waals surface area contributed by atoms with Crippen molar-refractivity contribution in [1.82, 2.24) is 0 Å². The van der Waals surface area contributed by atoms with Crippen molar-refractivity contribution in [1.29, 1.82) is 0 Å². The summed E-state index contributed by atoms with van der Waals surface area (Å²) in [5, 5.41) is 5.96. The molecule has 0 unspecified atom stereocenters. The molecule has 0 saturated heterocycles. The minimum absolute atomic E-state index is 0.442. The van der Waals surface area contributed by atoms with Crippen LogP contribution in [0.2, 0.25) is 0 Å². The Hall–Kier alpha value is -0.930. The SMILES string of the molecule is ClC1(OCc2ccccc2)N=N1. The molecule has 1 aromatic carbocycles. The van der Waals surface area contributed by atoms with Crippen molar-refractivity contribution >= 4 is 11.6 Å². The molecule has 0 spiro atoms. The van der Waals surface area contributed by atoms with Crippen LogP contribution in [0.25, 0.3) is 0 Å². The Bertz CT molecular complexity index is 293. The quantitative estimate of drug-likeness (QED) is 0.523. The van der Waals surface area contributed by atoms with Gasteiger partial charge in [-0.2, -0.15) is 0 Å². The van der Waals surface area contributed by atoms with Crippen LogP contribution in [0.3, 0.4) is 0 Å². The summed E-state index contributed by atoms with van der Waals surface area (Å²) in [6.07, 6.45) is 0. The molecule has 1 aromatic rings. The lowest BCUT2D eigenvalue weighted by atomic mass is 10.2. The van der Waals surface area contributed by atoms with Gasteiger partial charge in [-0.05, 0) is 17.2 Å². The minimum Gasteiger partial charge on any atom is -0.316 e.